The molecule has 0 bridgehead atoms. The van der Waals surface area contributed by atoms with Crippen molar-refractivity contribution in [2.75, 3.05) is 26.2 Å². The van der Waals surface area contributed by atoms with E-state index < -0.39 is 5.60 Å². The van der Waals surface area contributed by atoms with E-state index in [1.54, 1.807) is 12.1 Å². The van der Waals surface area contributed by atoms with Crippen LogP contribution in [0.2, 0.25) is 0 Å². The number of hydrogen-bond acceptors (Lipinski definition) is 3. The predicted octanol–water partition coefficient (Wildman–Crippen LogP) is 5.10. The number of hydrogen-bond donors (Lipinski definition) is 1. The van der Waals surface area contributed by atoms with Crippen LogP contribution in [0, 0.1) is 5.82 Å². The summed E-state index contributed by atoms with van der Waals surface area (Å²) in [6.45, 7) is 9.06. The van der Waals surface area contributed by atoms with Crippen LogP contribution < -0.4 is 5.32 Å². The molecule has 2 aromatic carbocycles. The first-order valence-corrected chi connectivity index (χ1v) is 10.9. The maximum absolute atomic E-state index is 14.1. The van der Waals surface area contributed by atoms with Gasteiger partial charge in [-0.15, -0.1) is 0 Å². The number of carbonyl (C=O) groups excluding carboxylic acids is 1. The Hall–Kier alpha value is -2.40. The lowest BCUT2D eigenvalue weighted by atomic mass is 9.71. The summed E-state index contributed by atoms with van der Waals surface area (Å²) < 4.78 is 19.4. The lowest BCUT2D eigenvalue weighted by Gasteiger charge is -2.41. The van der Waals surface area contributed by atoms with Gasteiger partial charge in [-0.1, -0.05) is 30.3 Å². The topological polar surface area (TPSA) is 41.6 Å². The maximum Gasteiger partial charge on any atom is 0.407 e. The average Bonchev–Trinajstić information content (AvgIpc) is 2.95. The van der Waals surface area contributed by atoms with Crippen LogP contribution in [0.15, 0.2) is 42.5 Å². The molecule has 1 saturated heterocycles. The van der Waals surface area contributed by atoms with E-state index in [2.05, 4.69) is 34.5 Å². The van der Waals surface area contributed by atoms with E-state index in [-0.39, 0.29) is 17.3 Å². The van der Waals surface area contributed by atoms with Gasteiger partial charge in [-0.3, -0.25) is 0 Å². The van der Waals surface area contributed by atoms with Crippen molar-refractivity contribution in [3.8, 4) is 11.1 Å². The summed E-state index contributed by atoms with van der Waals surface area (Å²) in [7, 11) is 0. The van der Waals surface area contributed by atoms with Crippen LogP contribution in [0.4, 0.5) is 9.18 Å². The Kier molecular flexibility index (Phi) is 5.58. The summed E-state index contributed by atoms with van der Waals surface area (Å²) in [6.07, 6.45) is 2.50. The lowest BCUT2D eigenvalue weighted by molar-refractivity contribution is 0.0525. The van der Waals surface area contributed by atoms with Gasteiger partial charge in [0.1, 0.15) is 11.4 Å². The van der Waals surface area contributed by atoms with Crippen LogP contribution in [-0.2, 0) is 10.2 Å². The number of amides is 1. The number of rotatable bonds is 4. The van der Waals surface area contributed by atoms with Gasteiger partial charge in [0.05, 0.1) is 0 Å². The first-order valence-electron chi connectivity index (χ1n) is 10.9. The van der Waals surface area contributed by atoms with Gasteiger partial charge >= 0.3 is 6.09 Å². The number of benzene rings is 2. The molecule has 0 saturated carbocycles. The SMILES string of the molecule is CC(C)(C)OC(=O)NCCCN1CCC2(CC1)c1ccccc1-c1ccc(F)cc12. The van der Waals surface area contributed by atoms with Gasteiger partial charge < -0.3 is 15.0 Å². The molecule has 2 aromatic rings. The maximum atomic E-state index is 14.1. The highest BCUT2D eigenvalue weighted by Crippen LogP contribution is 2.53. The Balaban J connectivity index is 1.37. The minimum atomic E-state index is -0.474. The van der Waals surface area contributed by atoms with Crippen LogP contribution in [0.25, 0.3) is 11.1 Å². The quantitative estimate of drug-likeness (QED) is 0.713. The number of nitrogens with one attached hydrogen (secondary N) is 1. The van der Waals surface area contributed by atoms with E-state index in [1.807, 2.05) is 26.8 Å². The van der Waals surface area contributed by atoms with Crippen LogP contribution in [0.1, 0.15) is 51.2 Å². The summed E-state index contributed by atoms with van der Waals surface area (Å²) in [5, 5.41) is 2.83. The van der Waals surface area contributed by atoms with Crippen molar-refractivity contribution in [2.45, 2.75) is 51.0 Å². The molecule has 1 amide bonds. The molecular formula is C25H31FN2O2. The number of likely N-dealkylation sites (tertiary alicyclic amines) is 1. The van der Waals surface area contributed by atoms with E-state index in [1.165, 1.54) is 16.7 Å². The predicted molar refractivity (Wildman–Crippen MR) is 117 cm³/mol. The number of carbonyl (C=O) groups is 1. The summed E-state index contributed by atoms with van der Waals surface area (Å²) in [5.41, 5.74) is 4.37. The second-order valence-electron chi connectivity index (χ2n) is 9.44. The highest BCUT2D eigenvalue weighted by atomic mass is 19.1. The normalized spacial score (nSPS) is 17.5. The van der Waals surface area contributed by atoms with E-state index in [0.717, 1.165) is 44.5 Å². The molecule has 30 heavy (non-hydrogen) atoms. The zero-order valence-corrected chi connectivity index (χ0v) is 18.1. The molecule has 1 N–H and O–H groups in total. The monoisotopic (exact) mass is 410 g/mol. The number of halogens is 1. The van der Waals surface area contributed by atoms with Gasteiger partial charge in [0.25, 0.3) is 0 Å². The highest BCUT2D eigenvalue weighted by Gasteiger charge is 2.44. The average molecular weight is 411 g/mol. The van der Waals surface area contributed by atoms with Gasteiger partial charge in [-0.25, -0.2) is 9.18 Å². The minimum absolute atomic E-state index is 0.0840. The minimum Gasteiger partial charge on any atom is -0.444 e. The van der Waals surface area contributed by atoms with Crippen molar-refractivity contribution >= 4 is 6.09 Å². The number of ether oxygens (including phenoxy) is 1. The van der Waals surface area contributed by atoms with Crippen molar-refractivity contribution in [1.82, 2.24) is 10.2 Å². The lowest BCUT2D eigenvalue weighted by Crippen LogP contribution is -2.43. The third-order valence-electron chi connectivity index (χ3n) is 6.26. The molecule has 1 aliphatic carbocycles. The zero-order valence-electron chi connectivity index (χ0n) is 18.1. The molecule has 2 aliphatic rings. The Labute approximate surface area is 178 Å². The van der Waals surface area contributed by atoms with Crippen LogP contribution in [-0.4, -0.2) is 42.8 Å². The Morgan fingerprint density at radius 2 is 1.80 bits per heavy atom. The number of fused-ring (bicyclic) bond motifs is 5. The largest absolute Gasteiger partial charge is 0.444 e. The van der Waals surface area contributed by atoms with E-state index in [4.69, 9.17) is 4.74 Å². The first kappa shape index (κ1) is 20.9. The van der Waals surface area contributed by atoms with Crippen molar-refractivity contribution in [3.63, 3.8) is 0 Å². The summed E-state index contributed by atoms with van der Waals surface area (Å²) in [6, 6.07) is 13.8. The fourth-order valence-electron chi connectivity index (χ4n) is 4.93. The summed E-state index contributed by atoms with van der Waals surface area (Å²) >= 11 is 0. The van der Waals surface area contributed by atoms with Crippen molar-refractivity contribution in [2.24, 2.45) is 0 Å². The number of nitrogens with zero attached hydrogens (tertiary/aromatic N) is 1. The second-order valence-corrected chi connectivity index (χ2v) is 9.44. The van der Waals surface area contributed by atoms with Crippen LogP contribution in [0.5, 0.6) is 0 Å². The molecule has 1 fully saturated rings. The third-order valence-corrected chi connectivity index (χ3v) is 6.26. The van der Waals surface area contributed by atoms with Crippen molar-refractivity contribution in [3.05, 3.63) is 59.4 Å². The molecule has 0 atom stereocenters. The molecule has 1 aliphatic heterocycles. The molecule has 0 unspecified atom stereocenters. The fourth-order valence-corrected chi connectivity index (χ4v) is 4.93. The number of piperidine rings is 1. The Morgan fingerprint density at radius 3 is 2.53 bits per heavy atom. The van der Waals surface area contributed by atoms with Gasteiger partial charge in [-0.05, 0) is 94.1 Å². The second kappa shape index (κ2) is 8.03. The molecule has 4 nitrogen and oxygen atoms in total. The van der Waals surface area contributed by atoms with Crippen LogP contribution in [0.3, 0.4) is 0 Å². The highest BCUT2D eigenvalue weighted by molar-refractivity contribution is 5.81. The Morgan fingerprint density at radius 1 is 1.10 bits per heavy atom. The Bertz CT molecular complexity index is 927. The molecular weight excluding hydrogens is 379 g/mol. The molecule has 1 spiro atoms. The van der Waals surface area contributed by atoms with Gasteiger partial charge in [-0.2, -0.15) is 0 Å². The van der Waals surface area contributed by atoms with Crippen LogP contribution >= 0.6 is 0 Å². The molecule has 4 rings (SSSR count). The molecule has 5 heteroatoms. The molecule has 160 valence electrons. The van der Waals surface area contributed by atoms with Gasteiger partial charge in [0, 0.05) is 12.0 Å². The van der Waals surface area contributed by atoms with Crippen molar-refractivity contribution in [1.29, 1.82) is 0 Å². The molecule has 0 radical (unpaired) electrons. The zero-order chi connectivity index (χ0) is 21.4. The van der Waals surface area contributed by atoms with Gasteiger partial charge in [0.15, 0.2) is 0 Å². The van der Waals surface area contributed by atoms with E-state index in [0.29, 0.717) is 6.54 Å². The molecule has 1 heterocycles. The van der Waals surface area contributed by atoms with Crippen molar-refractivity contribution < 1.29 is 13.9 Å². The standard InChI is InChI=1S/C25H31FN2O2/c1-24(2,3)30-23(29)27-13-6-14-28-15-11-25(12-16-28)21-8-5-4-7-19(21)20-10-9-18(26)17-22(20)25/h4-5,7-10,17H,6,11-16H2,1-3H3,(H,27,29). The van der Waals surface area contributed by atoms with E-state index in [9.17, 15) is 9.18 Å². The third kappa shape index (κ3) is 4.08. The first-order chi connectivity index (χ1) is 14.3. The number of alkyl carbamates (subject to hydrolysis) is 1. The van der Waals surface area contributed by atoms with E-state index >= 15 is 0 Å². The fraction of sp³-hybridized carbons (Fsp3) is 0.480. The van der Waals surface area contributed by atoms with Gasteiger partial charge in [0.2, 0.25) is 0 Å². The smallest absolute Gasteiger partial charge is 0.407 e. The summed E-state index contributed by atoms with van der Waals surface area (Å²) in [5.74, 6) is -0.156. The molecule has 0 aromatic heterocycles. The summed E-state index contributed by atoms with van der Waals surface area (Å²) in [4.78, 5) is 14.2.